The second-order valence-electron chi connectivity index (χ2n) is 5.98. The van der Waals surface area contributed by atoms with E-state index in [0.717, 1.165) is 42.8 Å². The molecule has 116 valence electrons. The van der Waals surface area contributed by atoms with Gasteiger partial charge in [-0.2, -0.15) is 0 Å². The van der Waals surface area contributed by atoms with Crippen LogP contribution in [0, 0.1) is 6.92 Å². The van der Waals surface area contributed by atoms with Crippen molar-refractivity contribution >= 4 is 5.91 Å². The number of nitrogens with zero attached hydrogens (tertiary/aromatic N) is 1. The van der Waals surface area contributed by atoms with Gasteiger partial charge >= 0.3 is 0 Å². The molecular formula is C17H26N2O2. The third-order valence-electron chi connectivity index (χ3n) is 3.98. The van der Waals surface area contributed by atoms with Gasteiger partial charge in [-0.15, -0.1) is 0 Å². The van der Waals surface area contributed by atoms with Gasteiger partial charge in [-0.3, -0.25) is 4.79 Å². The minimum atomic E-state index is -0.470. The zero-order chi connectivity index (χ0) is 15.4. The summed E-state index contributed by atoms with van der Waals surface area (Å²) < 4.78 is 5.93. The van der Waals surface area contributed by atoms with Crippen LogP contribution in [-0.4, -0.2) is 30.0 Å². The fourth-order valence-electron chi connectivity index (χ4n) is 2.73. The Hall–Kier alpha value is -1.55. The fraction of sp³-hybridized carbons (Fsp3) is 0.588. The summed E-state index contributed by atoms with van der Waals surface area (Å²) in [6.45, 7) is 7.45. The monoisotopic (exact) mass is 290 g/mol. The van der Waals surface area contributed by atoms with Gasteiger partial charge in [0, 0.05) is 24.7 Å². The number of carbonyl (C=O) groups is 1. The largest absolute Gasteiger partial charge is 0.481 e. The molecule has 1 fully saturated rings. The Morgan fingerprint density at radius 1 is 1.24 bits per heavy atom. The van der Waals surface area contributed by atoms with Gasteiger partial charge in [0.05, 0.1) is 0 Å². The molecule has 2 N–H and O–H groups in total. The average molecular weight is 290 g/mol. The standard InChI is InChI=1S/C17H26N2O2/c1-12-7-8-15(13(2)18)16(11-12)21-14(3)17(20)19-9-5-4-6-10-19/h7-8,11,13-14H,4-6,9-10,18H2,1-3H3/t13-,14?/m1/s1. The zero-order valence-electron chi connectivity index (χ0n) is 13.3. The summed E-state index contributed by atoms with van der Waals surface area (Å²) in [6, 6.07) is 5.84. The maximum atomic E-state index is 12.4. The molecule has 21 heavy (non-hydrogen) atoms. The van der Waals surface area contributed by atoms with E-state index in [0.29, 0.717) is 0 Å². The topological polar surface area (TPSA) is 55.6 Å². The molecule has 2 rings (SSSR count). The second kappa shape index (κ2) is 6.94. The number of aryl methyl sites for hydroxylation is 1. The molecule has 1 aromatic rings. The summed E-state index contributed by atoms with van der Waals surface area (Å²) in [7, 11) is 0. The molecule has 1 aromatic carbocycles. The molecule has 2 atom stereocenters. The van der Waals surface area contributed by atoms with E-state index in [1.165, 1.54) is 6.42 Å². The summed E-state index contributed by atoms with van der Waals surface area (Å²) in [5, 5.41) is 0. The van der Waals surface area contributed by atoms with Crippen molar-refractivity contribution in [3.63, 3.8) is 0 Å². The molecule has 4 heteroatoms. The first-order chi connectivity index (χ1) is 9.99. The van der Waals surface area contributed by atoms with Crippen molar-refractivity contribution in [2.45, 2.75) is 52.2 Å². The van der Waals surface area contributed by atoms with Crippen LogP contribution in [0.15, 0.2) is 18.2 Å². The van der Waals surface area contributed by atoms with Crippen molar-refractivity contribution in [1.82, 2.24) is 4.90 Å². The summed E-state index contributed by atoms with van der Waals surface area (Å²) in [5.41, 5.74) is 8.03. The molecule has 4 nitrogen and oxygen atoms in total. The molecular weight excluding hydrogens is 264 g/mol. The van der Waals surface area contributed by atoms with E-state index in [-0.39, 0.29) is 11.9 Å². The normalized spacial score (nSPS) is 18.2. The third-order valence-corrected chi connectivity index (χ3v) is 3.98. The molecule has 1 amide bonds. The Kier molecular flexibility index (Phi) is 5.23. The van der Waals surface area contributed by atoms with Crippen molar-refractivity contribution in [2.75, 3.05) is 13.1 Å². The lowest BCUT2D eigenvalue weighted by molar-refractivity contribution is -0.138. The predicted octanol–water partition coefficient (Wildman–Crippen LogP) is 2.79. The van der Waals surface area contributed by atoms with Crippen LogP contribution in [0.5, 0.6) is 5.75 Å². The quantitative estimate of drug-likeness (QED) is 0.927. The molecule has 1 saturated heterocycles. The van der Waals surface area contributed by atoms with Crippen LogP contribution < -0.4 is 10.5 Å². The number of nitrogens with two attached hydrogens (primary N) is 1. The highest BCUT2D eigenvalue weighted by molar-refractivity contribution is 5.81. The van der Waals surface area contributed by atoms with E-state index in [9.17, 15) is 4.79 Å². The highest BCUT2D eigenvalue weighted by Crippen LogP contribution is 2.26. The van der Waals surface area contributed by atoms with Gasteiger partial charge < -0.3 is 15.4 Å². The Morgan fingerprint density at radius 3 is 2.52 bits per heavy atom. The van der Waals surface area contributed by atoms with Crippen LogP contribution in [0.4, 0.5) is 0 Å². The molecule has 0 saturated carbocycles. The lowest BCUT2D eigenvalue weighted by Gasteiger charge is -2.29. The van der Waals surface area contributed by atoms with Crippen LogP contribution in [0.1, 0.15) is 50.3 Å². The second-order valence-corrected chi connectivity index (χ2v) is 5.98. The minimum absolute atomic E-state index is 0.0758. The molecule has 0 aliphatic carbocycles. The number of hydrogen-bond acceptors (Lipinski definition) is 3. The number of amides is 1. The number of hydrogen-bond donors (Lipinski definition) is 1. The number of carbonyl (C=O) groups excluding carboxylic acids is 1. The van der Waals surface area contributed by atoms with Crippen LogP contribution in [-0.2, 0) is 4.79 Å². The molecule has 1 aliphatic heterocycles. The average Bonchev–Trinajstić information content (AvgIpc) is 2.47. The van der Waals surface area contributed by atoms with Gasteiger partial charge in [0.25, 0.3) is 5.91 Å². The summed E-state index contributed by atoms with van der Waals surface area (Å²) in [6.07, 6.45) is 2.93. The van der Waals surface area contributed by atoms with Gasteiger partial charge in [-0.1, -0.05) is 12.1 Å². The van der Waals surface area contributed by atoms with Gasteiger partial charge in [-0.05, 0) is 51.7 Å². The summed E-state index contributed by atoms with van der Waals surface area (Å²) >= 11 is 0. The summed E-state index contributed by atoms with van der Waals surface area (Å²) in [4.78, 5) is 14.4. The van der Waals surface area contributed by atoms with E-state index in [1.54, 1.807) is 0 Å². The Bertz CT molecular complexity index is 494. The SMILES string of the molecule is Cc1ccc([C@@H](C)N)c(OC(C)C(=O)N2CCCCC2)c1. The number of rotatable bonds is 4. The number of ether oxygens (including phenoxy) is 1. The van der Waals surface area contributed by atoms with E-state index in [4.69, 9.17) is 10.5 Å². The smallest absolute Gasteiger partial charge is 0.263 e. The van der Waals surface area contributed by atoms with Gasteiger partial charge in [-0.25, -0.2) is 0 Å². The van der Waals surface area contributed by atoms with E-state index in [1.807, 2.05) is 43.9 Å². The third kappa shape index (κ3) is 3.97. The number of benzene rings is 1. The Labute approximate surface area is 127 Å². The zero-order valence-corrected chi connectivity index (χ0v) is 13.3. The minimum Gasteiger partial charge on any atom is -0.481 e. The van der Waals surface area contributed by atoms with Crippen LogP contribution in [0.2, 0.25) is 0 Å². The lowest BCUT2D eigenvalue weighted by Crippen LogP contribution is -2.43. The van der Waals surface area contributed by atoms with Crippen molar-refractivity contribution in [1.29, 1.82) is 0 Å². The van der Waals surface area contributed by atoms with Gasteiger partial charge in [0.2, 0.25) is 0 Å². The Balaban J connectivity index is 2.09. The first-order valence-corrected chi connectivity index (χ1v) is 7.80. The molecule has 0 aromatic heterocycles. The molecule has 1 heterocycles. The highest BCUT2D eigenvalue weighted by atomic mass is 16.5. The van der Waals surface area contributed by atoms with Crippen molar-refractivity contribution < 1.29 is 9.53 Å². The van der Waals surface area contributed by atoms with Crippen molar-refractivity contribution in [3.05, 3.63) is 29.3 Å². The lowest BCUT2D eigenvalue weighted by atomic mass is 10.1. The Morgan fingerprint density at radius 2 is 1.90 bits per heavy atom. The fourth-order valence-corrected chi connectivity index (χ4v) is 2.73. The molecule has 1 unspecified atom stereocenters. The molecule has 0 spiro atoms. The van der Waals surface area contributed by atoms with Gasteiger partial charge in [0.15, 0.2) is 6.10 Å². The maximum absolute atomic E-state index is 12.4. The number of piperidine rings is 1. The van der Waals surface area contributed by atoms with Crippen LogP contribution in [0.3, 0.4) is 0 Å². The molecule has 1 aliphatic rings. The number of likely N-dealkylation sites (tertiary alicyclic amines) is 1. The van der Waals surface area contributed by atoms with Gasteiger partial charge in [0.1, 0.15) is 5.75 Å². The first-order valence-electron chi connectivity index (χ1n) is 7.80. The highest BCUT2D eigenvalue weighted by Gasteiger charge is 2.24. The van der Waals surface area contributed by atoms with E-state index < -0.39 is 6.10 Å². The molecule has 0 radical (unpaired) electrons. The van der Waals surface area contributed by atoms with E-state index >= 15 is 0 Å². The maximum Gasteiger partial charge on any atom is 0.263 e. The van der Waals surface area contributed by atoms with Crippen molar-refractivity contribution in [2.24, 2.45) is 5.73 Å². The predicted molar refractivity (Wildman–Crippen MR) is 84.3 cm³/mol. The van der Waals surface area contributed by atoms with E-state index in [2.05, 4.69) is 0 Å². The van der Waals surface area contributed by atoms with Crippen LogP contribution >= 0.6 is 0 Å². The molecule has 0 bridgehead atoms. The van der Waals surface area contributed by atoms with Crippen molar-refractivity contribution in [3.8, 4) is 5.75 Å². The van der Waals surface area contributed by atoms with Crippen LogP contribution in [0.25, 0.3) is 0 Å². The first kappa shape index (κ1) is 15.8. The summed E-state index contributed by atoms with van der Waals surface area (Å²) in [5.74, 6) is 0.801.